The summed E-state index contributed by atoms with van der Waals surface area (Å²) in [5.74, 6) is -0.546. The monoisotopic (exact) mass is 278 g/mol. The van der Waals surface area contributed by atoms with Gasteiger partial charge in [-0.3, -0.25) is 0 Å². The fraction of sp³-hybridized carbons (Fsp3) is 0.538. The fourth-order valence-electron chi connectivity index (χ4n) is 1.87. The zero-order valence-electron chi connectivity index (χ0n) is 12.4. The number of nitrogens with two attached hydrogens (primary N) is 1. The number of rotatable bonds is 2. The average molecular weight is 278 g/mol. The van der Waals surface area contributed by atoms with E-state index in [-0.39, 0.29) is 5.69 Å². The van der Waals surface area contributed by atoms with Crippen LogP contribution in [0.4, 0.5) is 5.69 Å². The van der Waals surface area contributed by atoms with Gasteiger partial charge in [0, 0.05) is 5.69 Å². The van der Waals surface area contributed by atoms with Gasteiger partial charge >= 0.3 is 13.1 Å². The lowest BCUT2D eigenvalue weighted by Crippen LogP contribution is -2.41. The summed E-state index contributed by atoms with van der Waals surface area (Å²) in [5, 5.41) is 0. The van der Waals surface area contributed by atoms with E-state index in [1.807, 2.05) is 27.7 Å². The predicted octanol–water partition coefficient (Wildman–Crippen LogP) is 0.750. The van der Waals surface area contributed by atoms with Crippen LogP contribution >= 0.6 is 0 Å². The molecule has 0 spiro atoms. The molecule has 0 saturated carbocycles. The minimum Gasteiger partial charge on any atom is -0.464 e. The first-order valence-electron chi connectivity index (χ1n) is 6.38. The van der Waals surface area contributed by atoms with Crippen molar-refractivity contribution in [3.8, 4) is 0 Å². The van der Waals surface area contributed by atoms with Gasteiger partial charge in [0.05, 0.1) is 23.9 Å². The Labute approximate surface area is 118 Å². The lowest BCUT2D eigenvalue weighted by atomic mass is 9.84. The van der Waals surface area contributed by atoms with Gasteiger partial charge in [0.25, 0.3) is 0 Å². The van der Waals surface area contributed by atoms with Crippen LogP contribution in [0.1, 0.15) is 38.2 Å². The summed E-state index contributed by atoms with van der Waals surface area (Å²) in [6, 6.07) is 3.09. The Hall–Kier alpha value is -1.60. The Morgan fingerprint density at radius 3 is 2.30 bits per heavy atom. The number of pyridine rings is 1. The SMILES string of the molecule is COC(=O)c1cc(N)cc(B2OC(C)(C)C(C)(C)O2)n1. The summed E-state index contributed by atoms with van der Waals surface area (Å²) < 4.78 is 16.4. The van der Waals surface area contributed by atoms with Crippen LogP contribution < -0.4 is 11.3 Å². The van der Waals surface area contributed by atoms with E-state index in [9.17, 15) is 4.79 Å². The molecule has 7 heteroatoms. The Morgan fingerprint density at radius 2 is 1.80 bits per heavy atom. The van der Waals surface area contributed by atoms with Crippen LogP contribution in [0.2, 0.25) is 0 Å². The highest BCUT2D eigenvalue weighted by molar-refractivity contribution is 6.61. The van der Waals surface area contributed by atoms with E-state index in [2.05, 4.69) is 9.72 Å². The number of carbonyl (C=O) groups is 1. The van der Waals surface area contributed by atoms with Crippen LogP contribution in [-0.4, -0.2) is 36.4 Å². The summed E-state index contributed by atoms with van der Waals surface area (Å²) in [4.78, 5) is 15.8. The molecule has 1 fully saturated rings. The van der Waals surface area contributed by atoms with E-state index < -0.39 is 24.3 Å². The number of esters is 1. The molecule has 1 aromatic heterocycles. The number of methoxy groups -OCH3 is 1. The molecule has 6 nitrogen and oxygen atoms in total. The van der Waals surface area contributed by atoms with Crippen molar-refractivity contribution in [2.45, 2.75) is 38.9 Å². The van der Waals surface area contributed by atoms with Crippen LogP contribution in [0.25, 0.3) is 0 Å². The van der Waals surface area contributed by atoms with Crippen molar-refractivity contribution in [3.05, 3.63) is 17.8 Å². The maximum Gasteiger partial charge on any atom is 0.514 e. The molecule has 1 aliphatic heterocycles. The molecule has 0 atom stereocenters. The third-order valence-electron chi connectivity index (χ3n) is 3.76. The first kappa shape index (κ1) is 14.8. The Morgan fingerprint density at radius 1 is 1.25 bits per heavy atom. The summed E-state index contributed by atoms with van der Waals surface area (Å²) in [7, 11) is 0.633. The van der Waals surface area contributed by atoms with Crippen molar-refractivity contribution >= 4 is 24.4 Å². The number of nitrogen functional groups attached to an aromatic ring is 1. The van der Waals surface area contributed by atoms with E-state index in [0.717, 1.165) is 0 Å². The number of aromatic nitrogens is 1. The van der Waals surface area contributed by atoms with E-state index >= 15 is 0 Å². The van der Waals surface area contributed by atoms with Gasteiger partial charge in [-0.05, 0) is 39.8 Å². The van der Waals surface area contributed by atoms with E-state index in [0.29, 0.717) is 11.3 Å². The molecule has 0 bridgehead atoms. The van der Waals surface area contributed by atoms with Crippen molar-refractivity contribution in [2.24, 2.45) is 0 Å². The molecule has 0 unspecified atom stereocenters. The molecule has 0 aliphatic carbocycles. The van der Waals surface area contributed by atoms with E-state index in [4.69, 9.17) is 15.0 Å². The van der Waals surface area contributed by atoms with Gasteiger partial charge in [0.1, 0.15) is 5.69 Å². The summed E-state index contributed by atoms with van der Waals surface area (Å²) in [6.07, 6.45) is 0. The Bertz CT molecular complexity index is 529. The number of hydrogen-bond donors (Lipinski definition) is 1. The van der Waals surface area contributed by atoms with Crippen LogP contribution in [0.5, 0.6) is 0 Å². The highest BCUT2D eigenvalue weighted by Gasteiger charge is 2.52. The number of anilines is 1. The quantitative estimate of drug-likeness (QED) is 0.635. The molecule has 20 heavy (non-hydrogen) atoms. The maximum absolute atomic E-state index is 11.6. The van der Waals surface area contributed by atoms with Gasteiger partial charge in [-0.2, -0.15) is 0 Å². The van der Waals surface area contributed by atoms with Crippen LogP contribution in [0.3, 0.4) is 0 Å². The Kier molecular flexibility index (Phi) is 3.52. The summed E-state index contributed by atoms with van der Waals surface area (Å²) in [5.41, 5.74) is 5.85. The van der Waals surface area contributed by atoms with Gasteiger partial charge in [-0.25, -0.2) is 9.78 Å². The summed E-state index contributed by atoms with van der Waals surface area (Å²) in [6.45, 7) is 7.78. The first-order chi connectivity index (χ1) is 9.16. The van der Waals surface area contributed by atoms with Crippen LogP contribution in [-0.2, 0) is 14.0 Å². The predicted molar refractivity (Wildman–Crippen MR) is 75.7 cm³/mol. The summed E-state index contributed by atoms with van der Waals surface area (Å²) >= 11 is 0. The fourth-order valence-corrected chi connectivity index (χ4v) is 1.87. The lowest BCUT2D eigenvalue weighted by Gasteiger charge is -2.32. The molecule has 1 saturated heterocycles. The number of carbonyl (C=O) groups excluding carboxylic acids is 1. The van der Waals surface area contributed by atoms with E-state index in [1.54, 1.807) is 6.07 Å². The highest BCUT2D eigenvalue weighted by atomic mass is 16.7. The normalized spacial score (nSPS) is 19.9. The van der Waals surface area contributed by atoms with E-state index in [1.165, 1.54) is 13.2 Å². The molecule has 0 aromatic carbocycles. The number of ether oxygens (including phenoxy) is 1. The molecule has 2 heterocycles. The first-order valence-corrected chi connectivity index (χ1v) is 6.38. The molecular weight excluding hydrogens is 259 g/mol. The number of nitrogens with zero attached hydrogens (tertiary/aromatic N) is 1. The average Bonchev–Trinajstić information content (AvgIpc) is 2.57. The molecule has 0 amide bonds. The highest BCUT2D eigenvalue weighted by Crippen LogP contribution is 2.36. The van der Waals surface area contributed by atoms with Crippen molar-refractivity contribution in [1.29, 1.82) is 0 Å². The van der Waals surface area contributed by atoms with Gasteiger partial charge < -0.3 is 19.8 Å². The van der Waals surface area contributed by atoms with Crippen molar-refractivity contribution in [1.82, 2.24) is 4.98 Å². The van der Waals surface area contributed by atoms with Crippen molar-refractivity contribution in [3.63, 3.8) is 0 Å². The molecule has 1 aromatic rings. The molecular formula is C13H19BN2O4. The van der Waals surface area contributed by atoms with Crippen LogP contribution in [0.15, 0.2) is 12.1 Å². The minimum absolute atomic E-state index is 0.136. The van der Waals surface area contributed by atoms with Gasteiger partial charge in [-0.15, -0.1) is 0 Å². The van der Waals surface area contributed by atoms with Crippen LogP contribution in [0, 0.1) is 0 Å². The largest absolute Gasteiger partial charge is 0.514 e. The standard InChI is InChI=1S/C13H19BN2O4/c1-12(2)13(3,4)20-14(19-12)10-7-8(15)6-9(16-10)11(17)18-5/h6-7H,1-5H3,(H2,15,16). The minimum atomic E-state index is -0.660. The molecule has 1 aliphatic rings. The zero-order valence-corrected chi connectivity index (χ0v) is 12.4. The zero-order chi connectivity index (χ0) is 15.1. The third kappa shape index (κ3) is 2.51. The second-order valence-electron chi connectivity index (χ2n) is 5.79. The second kappa shape index (κ2) is 4.75. The molecule has 108 valence electrons. The molecule has 0 radical (unpaired) electrons. The van der Waals surface area contributed by atoms with Gasteiger partial charge in [-0.1, -0.05) is 0 Å². The second-order valence-corrected chi connectivity index (χ2v) is 5.79. The topological polar surface area (TPSA) is 83.7 Å². The smallest absolute Gasteiger partial charge is 0.464 e. The molecule has 2 N–H and O–H groups in total. The molecule has 2 rings (SSSR count). The number of hydrogen-bond acceptors (Lipinski definition) is 6. The Balaban J connectivity index is 2.35. The van der Waals surface area contributed by atoms with Crippen molar-refractivity contribution < 1.29 is 18.8 Å². The maximum atomic E-state index is 11.6. The third-order valence-corrected chi connectivity index (χ3v) is 3.76. The van der Waals surface area contributed by atoms with Crippen molar-refractivity contribution in [2.75, 3.05) is 12.8 Å². The lowest BCUT2D eigenvalue weighted by molar-refractivity contribution is 0.00578. The van der Waals surface area contributed by atoms with Gasteiger partial charge in [0.15, 0.2) is 0 Å². The van der Waals surface area contributed by atoms with Gasteiger partial charge in [0.2, 0.25) is 0 Å².